The maximum atomic E-state index is 2.41. The van der Waals surface area contributed by atoms with Crippen LogP contribution in [-0.2, 0) is 0 Å². The lowest BCUT2D eigenvalue weighted by Gasteiger charge is -2.29. The van der Waals surface area contributed by atoms with E-state index < -0.39 is 0 Å². The van der Waals surface area contributed by atoms with Crippen molar-refractivity contribution in [3.05, 3.63) is 0 Å². The first kappa shape index (κ1) is 17.0. The minimum absolute atomic E-state index is 0.865. The summed E-state index contributed by atoms with van der Waals surface area (Å²) in [5.74, 6) is 3.65. The van der Waals surface area contributed by atoms with Crippen LogP contribution >= 0.6 is 0 Å². The van der Waals surface area contributed by atoms with Crippen molar-refractivity contribution < 1.29 is 0 Å². The van der Waals surface area contributed by atoms with E-state index in [1.54, 1.807) is 0 Å². The Bertz CT molecular complexity index is 139. The van der Waals surface area contributed by atoms with Crippen LogP contribution < -0.4 is 0 Å². The van der Waals surface area contributed by atoms with Crippen molar-refractivity contribution in [2.24, 2.45) is 23.7 Å². The molecule has 0 aromatic rings. The standard InChI is InChI=1S/C17H36/c1-7-9-11-16(14(3)4)13-17(15(5)6)12-10-8-2/h14-17H,7-13H2,1-6H3. The summed E-state index contributed by atoms with van der Waals surface area (Å²) in [4.78, 5) is 0. The largest absolute Gasteiger partial charge is 0.0654 e. The van der Waals surface area contributed by atoms with Gasteiger partial charge in [0.05, 0.1) is 0 Å². The highest BCUT2D eigenvalue weighted by molar-refractivity contribution is 4.71. The molecule has 0 aliphatic rings. The van der Waals surface area contributed by atoms with Crippen LogP contribution in [0.5, 0.6) is 0 Å². The van der Waals surface area contributed by atoms with Gasteiger partial charge in [-0.1, -0.05) is 80.1 Å². The highest BCUT2D eigenvalue weighted by Crippen LogP contribution is 2.32. The van der Waals surface area contributed by atoms with Crippen LogP contribution in [0.25, 0.3) is 0 Å². The average molecular weight is 240 g/mol. The van der Waals surface area contributed by atoms with E-state index >= 15 is 0 Å². The second-order valence-corrected chi connectivity index (χ2v) is 6.53. The summed E-state index contributed by atoms with van der Waals surface area (Å²) in [7, 11) is 0. The second kappa shape index (κ2) is 9.97. The molecular weight excluding hydrogens is 204 g/mol. The van der Waals surface area contributed by atoms with Crippen LogP contribution in [0.2, 0.25) is 0 Å². The van der Waals surface area contributed by atoms with Crippen LogP contribution in [-0.4, -0.2) is 0 Å². The molecule has 0 heterocycles. The van der Waals surface area contributed by atoms with Crippen LogP contribution in [0.4, 0.5) is 0 Å². The maximum absolute atomic E-state index is 2.41. The van der Waals surface area contributed by atoms with Gasteiger partial charge in [-0.05, 0) is 30.1 Å². The van der Waals surface area contributed by atoms with Gasteiger partial charge >= 0.3 is 0 Å². The number of unbranched alkanes of at least 4 members (excludes halogenated alkanes) is 2. The molecule has 0 heteroatoms. The first-order valence-electron chi connectivity index (χ1n) is 8.02. The van der Waals surface area contributed by atoms with Crippen molar-refractivity contribution in [1.82, 2.24) is 0 Å². The van der Waals surface area contributed by atoms with Gasteiger partial charge in [0.2, 0.25) is 0 Å². The molecule has 0 nitrogen and oxygen atoms in total. The van der Waals surface area contributed by atoms with Crippen molar-refractivity contribution in [2.45, 2.75) is 86.5 Å². The van der Waals surface area contributed by atoms with E-state index in [2.05, 4.69) is 41.5 Å². The predicted octanol–water partition coefficient (Wildman–Crippen LogP) is 6.30. The smallest absolute Gasteiger partial charge is 0.0388 e. The van der Waals surface area contributed by atoms with E-state index in [1.165, 1.54) is 44.9 Å². The van der Waals surface area contributed by atoms with Crippen LogP contribution in [0.3, 0.4) is 0 Å². The zero-order valence-electron chi connectivity index (χ0n) is 13.3. The van der Waals surface area contributed by atoms with Gasteiger partial charge < -0.3 is 0 Å². The van der Waals surface area contributed by atoms with Crippen molar-refractivity contribution in [3.8, 4) is 0 Å². The van der Waals surface area contributed by atoms with Gasteiger partial charge in [-0.2, -0.15) is 0 Å². The first-order chi connectivity index (χ1) is 8.02. The van der Waals surface area contributed by atoms with E-state index in [9.17, 15) is 0 Å². The van der Waals surface area contributed by atoms with Crippen LogP contribution in [0.15, 0.2) is 0 Å². The Morgan fingerprint density at radius 3 is 1.24 bits per heavy atom. The van der Waals surface area contributed by atoms with E-state index in [1.807, 2.05) is 0 Å². The monoisotopic (exact) mass is 240 g/mol. The Balaban J connectivity index is 4.23. The van der Waals surface area contributed by atoms with Crippen molar-refractivity contribution in [2.75, 3.05) is 0 Å². The highest BCUT2D eigenvalue weighted by atomic mass is 14.3. The van der Waals surface area contributed by atoms with E-state index in [0.717, 1.165) is 23.7 Å². The van der Waals surface area contributed by atoms with Crippen LogP contribution in [0.1, 0.15) is 86.5 Å². The summed E-state index contributed by atoms with van der Waals surface area (Å²) in [6.45, 7) is 14.3. The highest BCUT2D eigenvalue weighted by Gasteiger charge is 2.20. The van der Waals surface area contributed by atoms with Crippen molar-refractivity contribution in [3.63, 3.8) is 0 Å². The lowest BCUT2D eigenvalue weighted by atomic mass is 9.77. The molecule has 2 atom stereocenters. The lowest BCUT2D eigenvalue weighted by molar-refractivity contribution is 0.223. The van der Waals surface area contributed by atoms with Crippen molar-refractivity contribution in [1.29, 1.82) is 0 Å². The molecule has 2 unspecified atom stereocenters. The topological polar surface area (TPSA) is 0 Å². The Labute approximate surface area is 111 Å². The Hall–Kier alpha value is 0. The van der Waals surface area contributed by atoms with Gasteiger partial charge in [-0.3, -0.25) is 0 Å². The molecule has 0 bridgehead atoms. The third-order valence-corrected chi connectivity index (χ3v) is 4.35. The number of hydrogen-bond donors (Lipinski definition) is 0. The zero-order chi connectivity index (χ0) is 13.3. The molecule has 0 saturated carbocycles. The minimum atomic E-state index is 0.865. The molecule has 0 aliphatic heterocycles. The molecule has 17 heavy (non-hydrogen) atoms. The Morgan fingerprint density at radius 2 is 1.00 bits per heavy atom. The predicted molar refractivity (Wildman–Crippen MR) is 80.3 cm³/mol. The number of hydrogen-bond acceptors (Lipinski definition) is 0. The normalized spacial score (nSPS) is 15.5. The fraction of sp³-hybridized carbons (Fsp3) is 1.00. The van der Waals surface area contributed by atoms with Gasteiger partial charge in [-0.25, -0.2) is 0 Å². The molecule has 0 amide bonds. The van der Waals surface area contributed by atoms with Gasteiger partial charge in [0.25, 0.3) is 0 Å². The molecule has 0 aromatic heterocycles. The SMILES string of the molecule is CCCCC(CC(CCCC)C(C)C)C(C)C. The summed E-state index contributed by atoms with van der Waals surface area (Å²) >= 11 is 0. The molecule has 0 N–H and O–H groups in total. The fourth-order valence-corrected chi connectivity index (χ4v) is 2.77. The van der Waals surface area contributed by atoms with E-state index in [-0.39, 0.29) is 0 Å². The molecule has 0 aliphatic carbocycles. The third kappa shape index (κ3) is 7.84. The quantitative estimate of drug-likeness (QED) is 0.420. The fourth-order valence-electron chi connectivity index (χ4n) is 2.77. The summed E-state index contributed by atoms with van der Waals surface area (Å²) in [6.07, 6.45) is 9.90. The average Bonchev–Trinajstić information content (AvgIpc) is 2.27. The maximum Gasteiger partial charge on any atom is -0.0388 e. The molecule has 0 spiro atoms. The number of rotatable bonds is 10. The summed E-state index contributed by atoms with van der Waals surface area (Å²) in [5.41, 5.74) is 0. The molecule has 0 aromatic carbocycles. The van der Waals surface area contributed by atoms with E-state index in [4.69, 9.17) is 0 Å². The summed E-state index contributed by atoms with van der Waals surface area (Å²) < 4.78 is 0. The second-order valence-electron chi connectivity index (χ2n) is 6.53. The molecule has 104 valence electrons. The summed E-state index contributed by atoms with van der Waals surface area (Å²) in [6, 6.07) is 0. The Morgan fingerprint density at radius 1 is 0.647 bits per heavy atom. The van der Waals surface area contributed by atoms with Gasteiger partial charge in [0.1, 0.15) is 0 Å². The summed E-state index contributed by atoms with van der Waals surface area (Å²) in [5, 5.41) is 0. The molecule has 0 rings (SSSR count). The molecule has 0 saturated heterocycles. The van der Waals surface area contributed by atoms with Gasteiger partial charge in [0, 0.05) is 0 Å². The van der Waals surface area contributed by atoms with Gasteiger partial charge in [0.15, 0.2) is 0 Å². The molecular formula is C17H36. The molecule has 0 radical (unpaired) electrons. The minimum Gasteiger partial charge on any atom is -0.0654 e. The molecule has 0 fully saturated rings. The zero-order valence-corrected chi connectivity index (χ0v) is 13.3. The lowest BCUT2D eigenvalue weighted by Crippen LogP contribution is -2.18. The first-order valence-corrected chi connectivity index (χ1v) is 8.02. The Kier molecular flexibility index (Phi) is 9.97. The van der Waals surface area contributed by atoms with Crippen molar-refractivity contribution >= 4 is 0 Å². The van der Waals surface area contributed by atoms with E-state index in [0.29, 0.717) is 0 Å². The third-order valence-electron chi connectivity index (χ3n) is 4.35. The van der Waals surface area contributed by atoms with Gasteiger partial charge in [-0.15, -0.1) is 0 Å². The van der Waals surface area contributed by atoms with Crippen LogP contribution in [0, 0.1) is 23.7 Å².